The molecule has 1 unspecified atom stereocenters. The molecule has 2 atom stereocenters. The van der Waals surface area contributed by atoms with E-state index in [1.54, 1.807) is 6.07 Å². The van der Waals surface area contributed by atoms with Crippen molar-refractivity contribution in [1.82, 2.24) is 4.90 Å². The van der Waals surface area contributed by atoms with Gasteiger partial charge in [0, 0.05) is 13.1 Å². The number of carbonyl (C=O) groups excluding carboxylic acids is 1. The summed E-state index contributed by atoms with van der Waals surface area (Å²) in [6, 6.07) is 3.93. The van der Waals surface area contributed by atoms with Crippen molar-refractivity contribution in [3.05, 3.63) is 23.8 Å². The monoisotopic (exact) mass is 292 g/mol. The number of carbonyl (C=O) groups is 1. The molecule has 0 bridgehead atoms. The molecule has 116 valence electrons. The highest BCUT2D eigenvalue weighted by atomic mass is 16.3. The molecular weight excluding hydrogens is 268 g/mol. The molecule has 1 fully saturated rings. The van der Waals surface area contributed by atoms with Crippen molar-refractivity contribution < 1.29 is 15.0 Å². The number of phenolic OH excluding ortho intramolecular Hbond substituents is 2. The second kappa shape index (κ2) is 6.80. The maximum atomic E-state index is 12.4. The van der Waals surface area contributed by atoms with Crippen LogP contribution in [0.4, 0.5) is 0 Å². The Labute approximate surface area is 125 Å². The molecule has 1 heterocycles. The predicted molar refractivity (Wildman–Crippen MR) is 81.0 cm³/mol. The van der Waals surface area contributed by atoms with Crippen molar-refractivity contribution in [2.45, 2.75) is 38.6 Å². The number of hydrogen-bond acceptors (Lipinski definition) is 4. The van der Waals surface area contributed by atoms with Gasteiger partial charge in [0.05, 0.1) is 6.04 Å². The van der Waals surface area contributed by atoms with Crippen molar-refractivity contribution in [3.8, 4) is 11.5 Å². The SMILES string of the molecule is CCC1CCCN(C(=O)[C@@H](N)Cc2ccc(O)c(O)c2)C1. The van der Waals surface area contributed by atoms with Crippen LogP contribution in [0.15, 0.2) is 18.2 Å². The molecule has 21 heavy (non-hydrogen) atoms. The normalized spacial score (nSPS) is 20.3. The lowest BCUT2D eigenvalue weighted by Gasteiger charge is -2.34. The van der Waals surface area contributed by atoms with Crippen LogP contribution in [-0.2, 0) is 11.2 Å². The minimum Gasteiger partial charge on any atom is -0.504 e. The van der Waals surface area contributed by atoms with E-state index in [1.807, 2.05) is 4.90 Å². The first-order chi connectivity index (χ1) is 10.0. The van der Waals surface area contributed by atoms with Crippen molar-refractivity contribution >= 4 is 5.91 Å². The third kappa shape index (κ3) is 3.88. The lowest BCUT2D eigenvalue weighted by Crippen LogP contribution is -2.48. The summed E-state index contributed by atoms with van der Waals surface area (Å²) in [5.74, 6) is 0.199. The van der Waals surface area contributed by atoms with Crippen LogP contribution >= 0.6 is 0 Å². The van der Waals surface area contributed by atoms with E-state index in [0.717, 1.165) is 31.5 Å². The number of nitrogens with zero attached hydrogens (tertiary/aromatic N) is 1. The predicted octanol–water partition coefficient (Wildman–Crippen LogP) is 1.62. The molecular formula is C16H24N2O3. The molecule has 0 saturated carbocycles. The number of nitrogens with two attached hydrogens (primary N) is 1. The fourth-order valence-corrected chi connectivity index (χ4v) is 2.87. The van der Waals surface area contributed by atoms with E-state index >= 15 is 0 Å². The van der Waals surface area contributed by atoms with Gasteiger partial charge in [-0.15, -0.1) is 0 Å². The Hall–Kier alpha value is -1.75. The largest absolute Gasteiger partial charge is 0.504 e. The zero-order valence-corrected chi connectivity index (χ0v) is 12.5. The molecule has 0 radical (unpaired) electrons. The summed E-state index contributed by atoms with van der Waals surface area (Å²) in [6.45, 7) is 3.73. The fraction of sp³-hybridized carbons (Fsp3) is 0.562. The quantitative estimate of drug-likeness (QED) is 0.736. The van der Waals surface area contributed by atoms with Gasteiger partial charge >= 0.3 is 0 Å². The second-order valence-electron chi connectivity index (χ2n) is 5.83. The standard InChI is InChI=1S/C16H24N2O3/c1-2-11-4-3-7-18(10-11)16(21)13(17)8-12-5-6-14(19)15(20)9-12/h5-6,9,11,13,19-20H,2-4,7-8,10,17H2,1H3/t11?,13-/m0/s1. The highest BCUT2D eigenvalue weighted by Crippen LogP contribution is 2.25. The summed E-state index contributed by atoms with van der Waals surface area (Å²) in [5, 5.41) is 18.8. The first-order valence-corrected chi connectivity index (χ1v) is 7.56. The van der Waals surface area contributed by atoms with Gasteiger partial charge in [0.25, 0.3) is 0 Å². The minimum atomic E-state index is -0.607. The molecule has 0 aliphatic carbocycles. The van der Waals surface area contributed by atoms with Gasteiger partial charge in [-0.1, -0.05) is 19.4 Å². The summed E-state index contributed by atoms with van der Waals surface area (Å²) in [4.78, 5) is 14.3. The summed E-state index contributed by atoms with van der Waals surface area (Å²) in [5.41, 5.74) is 6.77. The van der Waals surface area contributed by atoms with Gasteiger partial charge in [0.1, 0.15) is 0 Å². The highest BCUT2D eigenvalue weighted by molar-refractivity contribution is 5.82. The summed E-state index contributed by atoms with van der Waals surface area (Å²) < 4.78 is 0. The fourth-order valence-electron chi connectivity index (χ4n) is 2.87. The number of piperidine rings is 1. The number of phenols is 2. The third-order valence-electron chi connectivity index (χ3n) is 4.22. The van der Waals surface area contributed by atoms with Gasteiger partial charge in [-0.3, -0.25) is 4.79 Å². The minimum absolute atomic E-state index is 0.0271. The maximum Gasteiger partial charge on any atom is 0.239 e. The molecule has 1 saturated heterocycles. The van der Waals surface area contributed by atoms with E-state index in [-0.39, 0.29) is 17.4 Å². The van der Waals surface area contributed by atoms with Crippen LogP contribution in [0.25, 0.3) is 0 Å². The van der Waals surface area contributed by atoms with Gasteiger partial charge in [-0.05, 0) is 42.9 Å². The summed E-state index contributed by atoms with van der Waals surface area (Å²) in [6.07, 6.45) is 3.67. The van der Waals surface area contributed by atoms with Gasteiger partial charge in [-0.2, -0.15) is 0 Å². The molecule has 5 nitrogen and oxygen atoms in total. The zero-order valence-electron chi connectivity index (χ0n) is 12.5. The first kappa shape index (κ1) is 15.6. The molecule has 1 aromatic carbocycles. The molecule has 0 spiro atoms. The Morgan fingerprint density at radius 1 is 1.43 bits per heavy atom. The Balaban J connectivity index is 1.97. The zero-order chi connectivity index (χ0) is 15.4. The van der Waals surface area contributed by atoms with E-state index in [0.29, 0.717) is 12.3 Å². The third-order valence-corrected chi connectivity index (χ3v) is 4.22. The lowest BCUT2D eigenvalue weighted by molar-refractivity contribution is -0.134. The number of hydrogen-bond donors (Lipinski definition) is 3. The molecule has 5 heteroatoms. The van der Waals surface area contributed by atoms with Crippen LogP contribution in [-0.4, -0.2) is 40.2 Å². The van der Waals surface area contributed by atoms with Crippen LogP contribution in [0.3, 0.4) is 0 Å². The lowest BCUT2D eigenvalue weighted by atomic mass is 9.94. The number of benzene rings is 1. The Morgan fingerprint density at radius 3 is 2.86 bits per heavy atom. The number of aromatic hydroxyl groups is 2. The molecule has 2 rings (SSSR count). The van der Waals surface area contributed by atoms with E-state index in [2.05, 4.69) is 6.92 Å². The maximum absolute atomic E-state index is 12.4. The topological polar surface area (TPSA) is 86.8 Å². The van der Waals surface area contributed by atoms with Gasteiger partial charge in [0.15, 0.2) is 11.5 Å². The number of amides is 1. The Kier molecular flexibility index (Phi) is 5.07. The van der Waals surface area contributed by atoms with E-state index in [9.17, 15) is 15.0 Å². The second-order valence-corrected chi connectivity index (χ2v) is 5.83. The first-order valence-electron chi connectivity index (χ1n) is 7.56. The summed E-state index contributed by atoms with van der Waals surface area (Å²) >= 11 is 0. The van der Waals surface area contributed by atoms with Crippen molar-refractivity contribution in [2.75, 3.05) is 13.1 Å². The van der Waals surface area contributed by atoms with Crippen LogP contribution in [0.5, 0.6) is 11.5 Å². The van der Waals surface area contributed by atoms with E-state index in [1.165, 1.54) is 18.6 Å². The van der Waals surface area contributed by atoms with Crippen LogP contribution in [0.2, 0.25) is 0 Å². The molecule has 1 amide bonds. The van der Waals surface area contributed by atoms with Gasteiger partial charge < -0.3 is 20.8 Å². The van der Waals surface area contributed by atoms with Crippen LogP contribution in [0.1, 0.15) is 31.7 Å². The smallest absolute Gasteiger partial charge is 0.239 e. The number of likely N-dealkylation sites (tertiary alicyclic amines) is 1. The van der Waals surface area contributed by atoms with E-state index < -0.39 is 6.04 Å². The van der Waals surface area contributed by atoms with Crippen molar-refractivity contribution in [2.24, 2.45) is 11.7 Å². The average Bonchev–Trinajstić information content (AvgIpc) is 2.50. The van der Waals surface area contributed by atoms with Gasteiger partial charge in [-0.25, -0.2) is 0 Å². The van der Waals surface area contributed by atoms with Crippen LogP contribution < -0.4 is 5.73 Å². The Bertz CT molecular complexity index is 504. The number of rotatable bonds is 4. The molecule has 1 aromatic rings. The van der Waals surface area contributed by atoms with Crippen molar-refractivity contribution in [3.63, 3.8) is 0 Å². The molecule has 4 N–H and O–H groups in total. The molecule has 1 aliphatic heterocycles. The highest BCUT2D eigenvalue weighted by Gasteiger charge is 2.26. The molecule has 0 aromatic heterocycles. The van der Waals surface area contributed by atoms with Crippen LogP contribution in [0, 0.1) is 5.92 Å². The molecule has 1 aliphatic rings. The van der Waals surface area contributed by atoms with Gasteiger partial charge in [0.2, 0.25) is 5.91 Å². The van der Waals surface area contributed by atoms with Crippen molar-refractivity contribution in [1.29, 1.82) is 0 Å². The average molecular weight is 292 g/mol. The van der Waals surface area contributed by atoms with E-state index in [4.69, 9.17) is 5.73 Å². The Morgan fingerprint density at radius 2 is 2.19 bits per heavy atom. The summed E-state index contributed by atoms with van der Waals surface area (Å²) in [7, 11) is 0.